The van der Waals surface area contributed by atoms with Crippen LogP contribution in [0.4, 0.5) is 0 Å². The van der Waals surface area contributed by atoms with Crippen LogP contribution in [0.3, 0.4) is 0 Å². The zero-order valence-electron chi connectivity index (χ0n) is 14.6. The van der Waals surface area contributed by atoms with Crippen LogP contribution in [0.25, 0.3) is 10.7 Å². The molecule has 136 valence electrons. The van der Waals surface area contributed by atoms with Crippen molar-refractivity contribution >= 4 is 29.5 Å². The number of amides is 1. The molecule has 2 heterocycles. The maximum atomic E-state index is 12.7. The molecule has 0 fully saturated rings. The second-order valence-electron chi connectivity index (χ2n) is 5.74. The van der Waals surface area contributed by atoms with Crippen molar-refractivity contribution in [3.05, 3.63) is 52.1 Å². The van der Waals surface area contributed by atoms with Gasteiger partial charge in [-0.25, -0.2) is 0 Å². The van der Waals surface area contributed by atoms with Crippen molar-refractivity contribution < 1.29 is 9.53 Å². The highest BCUT2D eigenvalue weighted by molar-refractivity contribution is 7.71. The average Bonchev–Trinajstić information content (AvgIpc) is 3.27. The van der Waals surface area contributed by atoms with Gasteiger partial charge in [-0.1, -0.05) is 18.2 Å². The van der Waals surface area contributed by atoms with Crippen LogP contribution in [0.2, 0.25) is 0 Å². The number of H-pyrrole nitrogens is 1. The lowest BCUT2D eigenvalue weighted by atomic mass is 10.2. The molecule has 0 aliphatic rings. The van der Waals surface area contributed by atoms with Crippen LogP contribution in [-0.2, 0) is 17.9 Å². The van der Waals surface area contributed by atoms with Crippen LogP contribution in [0, 0.1) is 4.77 Å². The maximum absolute atomic E-state index is 12.7. The van der Waals surface area contributed by atoms with E-state index in [-0.39, 0.29) is 12.5 Å². The van der Waals surface area contributed by atoms with E-state index in [9.17, 15) is 4.79 Å². The topological polar surface area (TPSA) is 63.1 Å². The number of hydrogen-bond acceptors (Lipinski definition) is 5. The zero-order chi connectivity index (χ0) is 18.5. The van der Waals surface area contributed by atoms with Crippen LogP contribution >= 0.6 is 23.6 Å². The van der Waals surface area contributed by atoms with E-state index in [4.69, 9.17) is 17.0 Å². The number of carbonyl (C=O) groups excluding carboxylic acids is 1. The smallest absolute Gasteiger partial charge is 0.242 e. The molecule has 0 radical (unpaired) electrons. The molecule has 3 aromatic rings. The zero-order valence-corrected chi connectivity index (χ0v) is 16.3. The summed E-state index contributed by atoms with van der Waals surface area (Å²) in [7, 11) is 1.79. The number of rotatable bonds is 7. The Kier molecular flexibility index (Phi) is 5.85. The van der Waals surface area contributed by atoms with Crippen LogP contribution in [0.5, 0.6) is 5.75 Å². The van der Waals surface area contributed by atoms with Gasteiger partial charge in [-0.2, -0.15) is 5.10 Å². The van der Waals surface area contributed by atoms with Gasteiger partial charge in [-0.3, -0.25) is 14.5 Å². The van der Waals surface area contributed by atoms with Crippen LogP contribution in [-0.4, -0.2) is 39.2 Å². The van der Waals surface area contributed by atoms with Gasteiger partial charge >= 0.3 is 0 Å². The predicted molar refractivity (Wildman–Crippen MR) is 105 cm³/mol. The molecule has 1 amide bonds. The number of aromatic nitrogens is 3. The minimum atomic E-state index is -0.0332. The van der Waals surface area contributed by atoms with Crippen molar-refractivity contribution in [3.8, 4) is 16.5 Å². The Hall–Kier alpha value is -2.45. The quantitative estimate of drug-likeness (QED) is 0.627. The average molecular weight is 389 g/mol. The van der Waals surface area contributed by atoms with Gasteiger partial charge in [0, 0.05) is 13.6 Å². The van der Waals surface area contributed by atoms with Gasteiger partial charge in [0.1, 0.15) is 12.3 Å². The molecule has 0 spiro atoms. The highest BCUT2D eigenvalue weighted by Crippen LogP contribution is 2.23. The highest BCUT2D eigenvalue weighted by atomic mass is 32.1. The molecule has 0 atom stereocenters. The number of nitrogens with one attached hydrogen (secondary N) is 1. The second kappa shape index (κ2) is 8.29. The molecule has 0 aliphatic carbocycles. The van der Waals surface area contributed by atoms with E-state index in [0.717, 1.165) is 16.2 Å². The molecular formula is C18H20N4O2S2. The van der Waals surface area contributed by atoms with Gasteiger partial charge < -0.3 is 9.64 Å². The van der Waals surface area contributed by atoms with Crippen molar-refractivity contribution in [1.29, 1.82) is 0 Å². The Bertz CT molecular complexity index is 914. The summed E-state index contributed by atoms with van der Waals surface area (Å²) in [5, 5.41) is 9.00. The molecule has 0 saturated carbocycles. The first-order chi connectivity index (χ1) is 12.6. The molecule has 0 bridgehead atoms. The Morgan fingerprint density at radius 3 is 2.77 bits per heavy atom. The fourth-order valence-corrected chi connectivity index (χ4v) is 3.45. The highest BCUT2D eigenvalue weighted by Gasteiger charge is 2.16. The molecule has 0 saturated heterocycles. The lowest BCUT2D eigenvalue weighted by Gasteiger charge is -2.18. The molecule has 1 aromatic carbocycles. The summed E-state index contributed by atoms with van der Waals surface area (Å²) >= 11 is 6.85. The molecule has 0 aliphatic heterocycles. The van der Waals surface area contributed by atoms with E-state index in [2.05, 4.69) is 10.2 Å². The number of nitrogens with zero attached hydrogens (tertiary/aromatic N) is 3. The number of aromatic amines is 1. The van der Waals surface area contributed by atoms with Crippen molar-refractivity contribution in [2.24, 2.45) is 0 Å². The van der Waals surface area contributed by atoms with Crippen molar-refractivity contribution in [2.45, 2.75) is 20.0 Å². The molecule has 1 N–H and O–H groups in total. The molecule has 6 nitrogen and oxygen atoms in total. The monoisotopic (exact) mass is 388 g/mol. The van der Waals surface area contributed by atoms with E-state index in [1.807, 2.05) is 48.7 Å². The summed E-state index contributed by atoms with van der Waals surface area (Å²) in [6.45, 7) is 3.25. The van der Waals surface area contributed by atoms with Crippen LogP contribution < -0.4 is 4.74 Å². The molecule has 2 aromatic heterocycles. The van der Waals surface area contributed by atoms with Crippen molar-refractivity contribution in [2.75, 3.05) is 13.7 Å². The first-order valence-electron chi connectivity index (χ1n) is 8.23. The number of hydrogen-bond donors (Lipinski definition) is 1. The Morgan fingerprint density at radius 1 is 1.35 bits per heavy atom. The van der Waals surface area contributed by atoms with Crippen molar-refractivity contribution in [3.63, 3.8) is 0 Å². The van der Waals surface area contributed by atoms with Gasteiger partial charge in [-0.05, 0) is 48.3 Å². The van der Waals surface area contributed by atoms with Gasteiger partial charge in [0.05, 0.1) is 11.5 Å². The second-order valence-corrected chi connectivity index (χ2v) is 7.08. The number of thiophene rings is 1. The maximum Gasteiger partial charge on any atom is 0.242 e. The third kappa shape index (κ3) is 4.20. The number of carbonyl (C=O) groups is 1. The molecule has 3 rings (SSSR count). The Labute approximate surface area is 161 Å². The molecular weight excluding hydrogens is 368 g/mol. The Balaban J connectivity index is 1.68. The summed E-state index contributed by atoms with van der Waals surface area (Å²) in [6.07, 6.45) is 0. The van der Waals surface area contributed by atoms with E-state index >= 15 is 0 Å². The van der Waals surface area contributed by atoms with Crippen LogP contribution in [0.1, 0.15) is 12.5 Å². The fraction of sp³-hybridized carbons (Fsp3) is 0.278. The van der Waals surface area contributed by atoms with E-state index < -0.39 is 0 Å². The summed E-state index contributed by atoms with van der Waals surface area (Å²) in [4.78, 5) is 15.3. The third-order valence-corrected chi connectivity index (χ3v) is 5.05. The number of likely N-dealkylation sites (N-methyl/N-ethyl adjacent to an activating group) is 1. The van der Waals surface area contributed by atoms with E-state index in [1.54, 1.807) is 27.9 Å². The van der Waals surface area contributed by atoms with Gasteiger partial charge in [-0.15, -0.1) is 11.3 Å². The van der Waals surface area contributed by atoms with Crippen LogP contribution in [0.15, 0.2) is 41.8 Å². The normalized spacial score (nSPS) is 10.7. The molecule has 0 unspecified atom stereocenters. The number of benzene rings is 1. The Morgan fingerprint density at radius 2 is 2.12 bits per heavy atom. The SMILES string of the molecule is CCOc1ccc(CN(C)C(=O)Cn2c(-c3cccs3)n[nH]c2=S)cc1. The van der Waals surface area contributed by atoms with Gasteiger partial charge in [0.25, 0.3) is 0 Å². The van der Waals surface area contributed by atoms with E-state index in [0.29, 0.717) is 23.7 Å². The first-order valence-corrected chi connectivity index (χ1v) is 9.52. The van der Waals surface area contributed by atoms with Crippen molar-refractivity contribution in [1.82, 2.24) is 19.7 Å². The fourth-order valence-electron chi connectivity index (χ4n) is 2.53. The summed E-state index contributed by atoms with van der Waals surface area (Å²) < 4.78 is 7.62. The van der Waals surface area contributed by atoms with Gasteiger partial charge in [0.2, 0.25) is 5.91 Å². The number of ether oxygens (including phenoxy) is 1. The predicted octanol–water partition coefficient (Wildman–Crippen LogP) is 3.73. The lowest BCUT2D eigenvalue weighted by Crippen LogP contribution is -2.30. The first kappa shape index (κ1) is 18.3. The molecule has 8 heteroatoms. The van der Waals surface area contributed by atoms with E-state index in [1.165, 1.54) is 0 Å². The minimum absolute atomic E-state index is 0.0332. The third-order valence-electron chi connectivity index (χ3n) is 3.87. The largest absolute Gasteiger partial charge is 0.494 e. The summed E-state index contributed by atoms with van der Waals surface area (Å²) in [6, 6.07) is 11.7. The molecule has 26 heavy (non-hydrogen) atoms. The summed E-state index contributed by atoms with van der Waals surface area (Å²) in [5.41, 5.74) is 1.04. The van der Waals surface area contributed by atoms with Gasteiger partial charge in [0.15, 0.2) is 10.6 Å². The minimum Gasteiger partial charge on any atom is -0.494 e. The standard InChI is InChI=1S/C18H20N4O2S2/c1-3-24-14-8-6-13(7-9-14)11-21(2)16(23)12-22-17(19-20-18(22)25)15-5-4-10-26-15/h4-10H,3,11-12H2,1-2H3,(H,20,25). The lowest BCUT2D eigenvalue weighted by molar-refractivity contribution is -0.131. The summed E-state index contributed by atoms with van der Waals surface area (Å²) in [5.74, 6) is 1.48.